The van der Waals surface area contributed by atoms with Crippen LogP contribution in [-0.2, 0) is 16.0 Å². The highest BCUT2D eigenvalue weighted by Crippen LogP contribution is 2.31. The average Bonchev–Trinajstić information content (AvgIpc) is 3.23. The van der Waals surface area contributed by atoms with Crippen LogP contribution in [0.25, 0.3) is 5.69 Å². The van der Waals surface area contributed by atoms with Crippen LogP contribution in [0.2, 0.25) is 0 Å². The average molecular weight is 390 g/mol. The lowest BCUT2D eigenvalue weighted by molar-refractivity contribution is -0.122. The molecule has 1 aliphatic heterocycles. The van der Waals surface area contributed by atoms with E-state index < -0.39 is 0 Å². The Hall–Kier alpha value is -3.61. The van der Waals surface area contributed by atoms with Crippen LogP contribution in [0.5, 0.6) is 5.75 Å². The molecule has 4 rings (SSSR count). The van der Waals surface area contributed by atoms with Gasteiger partial charge in [-0.2, -0.15) is 5.10 Å². The Morgan fingerprint density at radius 3 is 2.72 bits per heavy atom. The second kappa shape index (κ2) is 8.60. The van der Waals surface area contributed by atoms with Crippen LogP contribution in [0.15, 0.2) is 66.9 Å². The summed E-state index contributed by atoms with van der Waals surface area (Å²) in [4.78, 5) is 26.0. The summed E-state index contributed by atoms with van der Waals surface area (Å²) in [7, 11) is 0. The van der Waals surface area contributed by atoms with Gasteiger partial charge < -0.3 is 15.0 Å². The molecule has 7 heteroatoms. The van der Waals surface area contributed by atoms with Gasteiger partial charge in [0.1, 0.15) is 5.75 Å². The first-order valence-corrected chi connectivity index (χ1v) is 9.59. The third kappa shape index (κ3) is 4.45. The highest BCUT2D eigenvalue weighted by molar-refractivity contribution is 5.98. The molecule has 7 nitrogen and oxygen atoms in total. The summed E-state index contributed by atoms with van der Waals surface area (Å²) in [6, 6.07) is 19.2. The van der Waals surface area contributed by atoms with E-state index >= 15 is 0 Å². The van der Waals surface area contributed by atoms with Gasteiger partial charge in [0, 0.05) is 32.1 Å². The second-order valence-electron chi connectivity index (χ2n) is 6.74. The van der Waals surface area contributed by atoms with Crippen LogP contribution in [0.4, 0.5) is 5.69 Å². The molecule has 148 valence electrons. The normalized spacial score (nSPS) is 13.0. The van der Waals surface area contributed by atoms with E-state index in [0.29, 0.717) is 30.9 Å². The fourth-order valence-electron chi connectivity index (χ4n) is 3.25. The number of anilines is 1. The minimum Gasteiger partial charge on any atom is -0.482 e. The van der Waals surface area contributed by atoms with E-state index in [9.17, 15) is 9.59 Å². The molecule has 2 aromatic carbocycles. The van der Waals surface area contributed by atoms with Crippen molar-refractivity contribution in [3.8, 4) is 11.4 Å². The van der Waals surface area contributed by atoms with Gasteiger partial charge in [-0.3, -0.25) is 9.59 Å². The van der Waals surface area contributed by atoms with Crippen molar-refractivity contribution in [2.24, 2.45) is 0 Å². The summed E-state index contributed by atoms with van der Waals surface area (Å²) >= 11 is 0. The van der Waals surface area contributed by atoms with Gasteiger partial charge in [-0.1, -0.05) is 30.3 Å². The van der Waals surface area contributed by atoms with Crippen molar-refractivity contribution in [2.45, 2.75) is 12.8 Å². The lowest BCUT2D eigenvalue weighted by atomic mass is 10.2. The Morgan fingerprint density at radius 1 is 1.07 bits per heavy atom. The third-order valence-corrected chi connectivity index (χ3v) is 4.74. The number of hydrogen-bond acceptors (Lipinski definition) is 4. The predicted molar refractivity (Wildman–Crippen MR) is 109 cm³/mol. The van der Waals surface area contributed by atoms with Gasteiger partial charge >= 0.3 is 0 Å². The lowest BCUT2D eigenvalue weighted by Gasteiger charge is -2.29. The molecular weight excluding hydrogens is 368 g/mol. The fraction of sp³-hybridized carbons (Fsp3) is 0.227. The van der Waals surface area contributed by atoms with Gasteiger partial charge in [-0.05, 0) is 30.3 Å². The number of amides is 2. The number of aromatic nitrogens is 2. The highest BCUT2D eigenvalue weighted by atomic mass is 16.5. The van der Waals surface area contributed by atoms with Crippen LogP contribution in [-0.4, -0.2) is 41.3 Å². The van der Waals surface area contributed by atoms with Crippen LogP contribution >= 0.6 is 0 Å². The Kier molecular flexibility index (Phi) is 5.56. The van der Waals surface area contributed by atoms with Crippen molar-refractivity contribution in [1.82, 2.24) is 15.1 Å². The smallest absolute Gasteiger partial charge is 0.265 e. The molecule has 3 aromatic rings. The molecule has 0 saturated carbocycles. The van der Waals surface area contributed by atoms with Gasteiger partial charge in [0.25, 0.3) is 5.91 Å². The van der Waals surface area contributed by atoms with Crippen LogP contribution in [0.3, 0.4) is 0 Å². The van der Waals surface area contributed by atoms with Gasteiger partial charge in [-0.15, -0.1) is 0 Å². The summed E-state index contributed by atoms with van der Waals surface area (Å²) < 4.78 is 7.24. The van der Waals surface area contributed by atoms with E-state index in [2.05, 4.69) is 10.4 Å². The topological polar surface area (TPSA) is 76.5 Å². The molecule has 0 radical (unpaired) electrons. The van der Waals surface area contributed by atoms with Crippen molar-refractivity contribution >= 4 is 17.5 Å². The molecule has 0 aliphatic carbocycles. The Morgan fingerprint density at radius 2 is 1.86 bits per heavy atom. The molecule has 0 spiro atoms. The summed E-state index contributed by atoms with van der Waals surface area (Å²) in [5.74, 6) is 0.439. The Bertz CT molecular complexity index is 1000. The molecule has 0 saturated heterocycles. The molecule has 1 aliphatic rings. The van der Waals surface area contributed by atoms with E-state index in [1.54, 1.807) is 4.90 Å². The molecule has 2 heterocycles. The number of benzene rings is 2. The summed E-state index contributed by atoms with van der Waals surface area (Å²) in [6.45, 7) is 0.828. The van der Waals surface area contributed by atoms with Crippen LogP contribution in [0.1, 0.15) is 12.1 Å². The van der Waals surface area contributed by atoms with E-state index in [1.165, 1.54) is 0 Å². The van der Waals surface area contributed by atoms with E-state index in [-0.39, 0.29) is 24.8 Å². The number of carbonyl (C=O) groups excluding carboxylic acids is 2. The molecule has 1 N–H and O–H groups in total. The van der Waals surface area contributed by atoms with Gasteiger partial charge in [0.05, 0.1) is 17.1 Å². The van der Waals surface area contributed by atoms with E-state index in [4.69, 9.17) is 4.74 Å². The van der Waals surface area contributed by atoms with E-state index in [1.807, 2.05) is 71.5 Å². The number of nitrogens with zero attached hydrogens (tertiary/aromatic N) is 3. The monoisotopic (exact) mass is 390 g/mol. The van der Waals surface area contributed by atoms with Gasteiger partial charge in [0.2, 0.25) is 5.91 Å². The first kappa shape index (κ1) is 18.7. The number of fused-ring (bicyclic) bond motifs is 1. The number of nitrogens with one attached hydrogen (secondary N) is 1. The molecule has 1 aromatic heterocycles. The number of para-hydroxylation sites is 3. The quantitative estimate of drug-likeness (QED) is 0.672. The molecule has 29 heavy (non-hydrogen) atoms. The number of rotatable bonds is 7. The van der Waals surface area contributed by atoms with Gasteiger partial charge in [0.15, 0.2) is 6.61 Å². The summed E-state index contributed by atoms with van der Waals surface area (Å²) in [5.41, 5.74) is 2.62. The minimum atomic E-state index is -0.136. The van der Waals surface area contributed by atoms with Gasteiger partial charge in [-0.25, -0.2) is 4.68 Å². The molecule has 0 bridgehead atoms. The summed E-state index contributed by atoms with van der Waals surface area (Å²) in [5, 5.41) is 7.43. The molecule has 0 atom stereocenters. The maximum absolute atomic E-state index is 12.2. The number of carbonyl (C=O) groups is 2. The largest absolute Gasteiger partial charge is 0.482 e. The third-order valence-electron chi connectivity index (χ3n) is 4.74. The molecule has 0 fully saturated rings. The Labute approximate surface area is 168 Å². The van der Waals surface area contributed by atoms with Crippen molar-refractivity contribution < 1.29 is 14.3 Å². The zero-order valence-electron chi connectivity index (χ0n) is 16.0. The fourth-order valence-corrected chi connectivity index (χ4v) is 3.25. The maximum atomic E-state index is 12.2. The van der Waals surface area contributed by atoms with Crippen LogP contribution in [0, 0.1) is 0 Å². The molecular formula is C22H22N4O3. The SMILES string of the molecule is O=C(CCN1C(=O)COc2ccccc21)NCCc1ccn(-c2ccccc2)n1. The van der Waals surface area contributed by atoms with Crippen molar-refractivity contribution in [1.29, 1.82) is 0 Å². The van der Waals surface area contributed by atoms with Crippen molar-refractivity contribution in [2.75, 3.05) is 24.6 Å². The summed E-state index contributed by atoms with van der Waals surface area (Å²) in [6.07, 6.45) is 2.79. The minimum absolute atomic E-state index is 0.00268. The number of ether oxygens (including phenoxy) is 1. The molecule has 0 unspecified atom stereocenters. The van der Waals surface area contributed by atoms with Crippen molar-refractivity contribution in [3.05, 3.63) is 72.6 Å². The van der Waals surface area contributed by atoms with E-state index in [0.717, 1.165) is 11.4 Å². The van der Waals surface area contributed by atoms with Crippen molar-refractivity contribution in [3.63, 3.8) is 0 Å². The second-order valence-corrected chi connectivity index (χ2v) is 6.74. The first-order chi connectivity index (χ1) is 14.2. The van der Waals surface area contributed by atoms with Crippen LogP contribution < -0.4 is 15.0 Å². The predicted octanol–water partition coefficient (Wildman–Crippen LogP) is 2.35. The lowest BCUT2D eigenvalue weighted by Crippen LogP contribution is -2.41. The zero-order valence-corrected chi connectivity index (χ0v) is 16.0. The first-order valence-electron chi connectivity index (χ1n) is 9.59. The number of hydrogen-bond donors (Lipinski definition) is 1. The Balaban J connectivity index is 1.25. The highest BCUT2D eigenvalue weighted by Gasteiger charge is 2.25. The molecule has 2 amide bonds. The standard InChI is InChI=1S/C22H22N4O3/c27-21(12-14-25-19-8-4-5-9-20(19)29-16-22(25)28)23-13-10-17-11-15-26(24-17)18-6-2-1-3-7-18/h1-9,11,15H,10,12-14,16H2,(H,23,27). The maximum Gasteiger partial charge on any atom is 0.265 e. The zero-order chi connectivity index (χ0) is 20.1.